The molecular formula is C7H12O2. The lowest BCUT2D eigenvalue weighted by atomic mass is 10.2. The van der Waals surface area contributed by atoms with Crippen LogP contribution >= 0.6 is 0 Å². The van der Waals surface area contributed by atoms with Crippen molar-refractivity contribution in [3.63, 3.8) is 0 Å². The maximum absolute atomic E-state index is 9.12. The second-order valence-corrected chi connectivity index (χ2v) is 3.42. The molecule has 0 radical (unpaired) electrons. The summed E-state index contributed by atoms with van der Waals surface area (Å²) in [5.74, 6) is 0.447. The third-order valence-corrected chi connectivity index (χ3v) is 2.80. The van der Waals surface area contributed by atoms with Crippen molar-refractivity contribution in [3.05, 3.63) is 0 Å². The highest BCUT2D eigenvalue weighted by Crippen LogP contribution is 2.71. The summed E-state index contributed by atoms with van der Waals surface area (Å²) in [7, 11) is 0. The monoisotopic (exact) mass is 128 g/mol. The molecule has 2 nitrogen and oxygen atoms in total. The minimum absolute atomic E-state index is 0.0492. The van der Waals surface area contributed by atoms with Crippen LogP contribution in [0.1, 0.15) is 19.3 Å². The van der Waals surface area contributed by atoms with Crippen LogP contribution in [0.2, 0.25) is 0 Å². The summed E-state index contributed by atoms with van der Waals surface area (Å²) in [6, 6.07) is 0. The van der Waals surface area contributed by atoms with Gasteiger partial charge in [-0.3, -0.25) is 0 Å². The normalized spacial score (nSPS) is 38.7. The second kappa shape index (κ2) is 1.50. The van der Waals surface area contributed by atoms with E-state index < -0.39 is 6.10 Å². The molecule has 2 N–H and O–H groups in total. The van der Waals surface area contributed by atoms with E-state index in [4.69, 9.17) is 10.2 Å². The topological polar surface area (TPSA) is 40.5 Å². The first-order valence-electron chi connectivity index (χ1n) is 3.57. The number of aliphatic hydroxyl groups is 2. The molecule has 2 heteroatoms. The van der Waals surface area contributed by atoms with Gasteiger partial charge in [-0.25, -0.2) is 0 Å². The Hall–Kier alpha value is -0.0800. The highest BCUT2D eigenvalue weighted by atomic mass is 16.3. The van der Waals surface area contributed by atoms with Gasteiger partial charge in [0.05, 0.1) is 12.7 Å². The zero-order chi connectivity index (χ0) is 6.48. The zero-order valence-electron chi connectivity index (χ0n) is 5.38. The molecule has 0 aromatic heterocycles. The van der Waals surface area contributed by atoms with Gasteiger partial charge in [-0.1, -0.05) is 0 Å². The Morgan fingerprint density at radius 2 is 2.22 bits per heavy atom. The lowest BCUT2D eigenvalue weighted by Gasteiger charge is -2.03. The van der Waals surface area contributed by atoms with Crippen molar-refractivity contribution < 1.29 is 10.2 Å². The van der Waals surface area contributed by atoms with Gasteiger partial charge in [0, 0.05) is 0 Å². The molecule has 0 aliphatic heterocycles. The molecule has 0 heterocycles. The lowest BCUT2D eigenvalue weighted by Crippen LogP contribution is -2.15. The third kappa shape index (κ3) is 0.700. The van der Waals surface area contributed by atoms with Gasteiger partial charge in [0.15, 0.2) is 0 Å². The summed E-state index contributed by atoms with van der Waals surface area (Å²) in [6.07, 6.45) is 3.31. The van der Waals surface area contributed by atoms with Gasteiger partial charge < -0.3 is 10.2 Å². The van der Waals surface area contributed by atoms with Crippen LogP contribution in [-0.2, 0) is 0 Å². The Morgan fingerprint density at radius 1 is 1.56 bits per heavy atom. The number of hydrogen-bond donors (Lipinski definition) is 2. The number of hydrogen-bond acceptors (Lipinski definition) is 2. The van der Waals surface area contributed by atoms with Crippen LogP contribution in [0.25, 0.3) is 0 Å². The molecule has 2 aliphatic carbocycles. The van der Waals surface area contributed by atoms with Gasteiger partial charge in [-0.2, -0.15) is 0 Å². The molecule has 0 aromatic rings. The predicted molar refractivity (Wildman–Crippen MR) is 32.9 cm³/mol. The summed E-state index contributed by atoms with van der Waals surface area (Å²) in [5, 5.41) is 17.7. The van der Waals surface area contributed by atoms with E-state index in [2.05, 4.69) is 0 Å². The van der Waals surface area contributed by atoms with Crippen molar-refractivity contribution in [2.75, 3.05) is 6.61 Å². The van der Waals surface area contributed by atoms with Crippen LogP contribution in [-0.4, -0.2) is 22.9 Å². The van der Waals surface area contributed by atoms with Gasteiger partial charge in [-0.05, 0) is 30.6 Å². The van der Waals surface area contributed by atoms with Crippen molar-refractivity contribution >= 4 is 0 Å². The first-order valence-corrected chi connectivity index (χ1v) is 3.57. The van der Waals surface area contributed by atoms with E-state index in [0.29, 0.717) is 11.3 Å². The SMILES string of the molecule is OCC(O)C1CC12CC2. The maximum Gasteiger partial charge on any atom is 0.0804 e. The number of rotatable bonds is 2. The minimum Gasteiger partial charge on any atom is -0.394 e. The second-order valence-electron chi connectivity index (χ2n) is 3.42. The summed E-state index contributed by atoms with van der Waals surface area (Å²) in [6.45, 7) is -0.0492. The molecule has 1 spiro atoms. The van der Waals surface area contributed by atoms with E-state index in [9.17, 15) is 0 Å². The fourth-order valence-electron chi connectivity index (χ4n) is 1.79. The first-order chi connectivity index (χ1) is 4.28. The van der Waals surface area contributed by atoms with Crippen LogP contribution in [0, 0.1) is 11.3 Å². The molecule has 2 unspecified atom stereocenters. The van der Waals surface area contributed by atoms with E-state index in [0.717, 1.165) is 6.42 Å². The van der Waals surface area contributed by atoms with Gasteiger partial charge >= 0.3 is 0 Å². The van der Waals surface area contributed by atoms with Crippen molar-refractivity contribution in [2.45, 2.75) is 25.4 Å². The van der Waals surface area contributed by atoms with E-state index in [1.165, 1.54) is 12.8 Å². The molecule has 2 rings (SSSR count). The standard InChI is InChI=1S/C7H12O2/c8-4-6(9)5-3-7(5)1-2-7/h5-6,8-9H,1-4H2. The summed E-state index contributed by atoms with van der Waals surface area (Å²) in [4.78, 5) is 0. The fourth-order valence-corrected chi connectivity index (χ4v) is 1.79. The molecular weight excluding hydrogens is 116 g/mol. The Labute approximate surface area is 54.5 Å². The molecule has 9 heavy (non-hydrogen) atoms. The van der Waals surface area contributed by atoms with Crippen molar-refractivity contribution in [1.29, 1.82) is 0 Å². The van der Waals surface area contributed by atoms with Crippen molar-refractivity contribution in [2.24, 2.45) is 11.3 Å². The van der Waals surface area contributed by atoms with Crippen LogP contribution < -0.4 is 0 Å². The minimum atomic E-state index is -0.424. The molecule has 2 saturated carbocycles. The Kier molecular flexibility index (Phi) is 0.945. The first kappa shape index (κ1) is 5.69. The van der Waals surface area contributed by atoms with Gasteiger partial charge in [0.25, 0.3) is 0 Å². The zero-order valence-corrected chi connectivity index (χ0v) is 5.38. The molecule has 0 saturated heterocycles. The largest absolute Gasteiger partial charge is 0.394 e. The van der Waals surface area contributed by atoms with Crippen LogP contribution in [0.4, 0.5) is 0 Å². The average Bonchev–Trinajstić information content (AvgIpc) is 2.74. The van der Waals surface area contributed by atoms with Crippen molar-refractivity contribution in [3.8, 4) is 0 Å². The number of aliphatic hydroxyl groups excluding tert-OH is 2. The van der Waals surface area contributed by atoms with Gasteiger partial charge in [-0.15, -0.1) is 0 Å². The Bertz CT molecular complexity index is 129. The Balaban J connectivity index is 1.89. The van der Waals surface area contributed by atoms with Crippen LogP contribution in [0.15, 0.2) is 0 Å². The van der Waals surface area contributed by atoms with E-state index in [1.54, 1.807) is 0 Å². The molecule has 0 aromatic carbocycles. The third-order valence-electron chi connectivity index (χ3n) is 2.80. The quantitative estimate of drug-likeness (QED) is 0.555. The summed E-state index contributed by atoms with van der Waals surface area (Å²) in [5.41, 5.74) is 0.530. The van der Waals surface area contributed by atoms with E-state index in [1.807, 2.05) is 0 Å². The van der Waals surface area contributed by atoms with Crippen LogP contribution in [0.3, 0.4) is 0 Å². The van der Waals surface area contributed by atoms with Gasteiger partial charge in [0.2, 0.25) is 0 Å². The molecule has 2 aliphatic rings. The highest BCUT2D eigenvalue weighted by Gasteiger charge is 2.64. The van der Waals surface area contributed by atoms with Crippen molar-refractivity contribution in [1.82, 2.24) is 0 Å². The molecule has 0 amide bonds. The molecule has 2 fully saturated rings. The average molecular weight is 128 g/mol. The van der Waals surface area contributed by atoms with Crippen LogP contribution in [0.5, 0.6) is 0 Å². The molecule has 0 bridgehead atoms. The molecule has 2 atom stereocenters. The summed E-state index contributed by atoms with van der Waals surface area (Å²) < 4.78 is 0. The van der Waals surface area contributed by atoms with Gasteiger partial charge in [0.1, 0.15) is 0 Å². The Morgan fingerprint density at radius 3 is 2.56 bits per heavy atom. The summed E-state index contributed by atoms with van der Waals surface area (Å²) >= 11 is 0. The van der Waals surface area contributed by atoms with E-state index >= 15 is 0 Å². The predicted octanol–water partition coefficient (Wildman–Crippen LogP) is 0.140. The molecule has 52 valence electrons. The smallest absolute Gasteiger partial charge is 0.0804 e. The lowest BCUT2D eigenvalue weighted by molar-refractivity contribution is 0.0724. The highest BCUT2D eigenvalue weighted by molar-refractivity contribution is 5.14. The fraction of sp³-hybridized carbons (Fsp3) is 1.00. The maximum atomic E-state index is 9.12. The van der Waals surface area contributed by atoms with E-state index in [-0.39, 0.29) is 6.61 Å².